The summed E-state index contributed by atoms with van der Waals surface area (Å²) in [6, 6.07) is 1.66. The summed E-state index contributed by atoms with van der Waals surface area (Å²) >= 11 is 4.74. The maximum Gasteiger partial charge on any atom is 0.241 e. The summed E-state index contributed by atoms with van der Waals surface area (Å²) in [5, 5.41) is 0. The first-order chi connectivity index (χ1) is 7.74. The van der Waals surface area contributed by atoms with Crippen molar-refractivity contribution in [3.63, 3.8) is 0 Å². The summed E-state index contributed by atoms with van der Waals surface area (Å²) in [5.74, 6) is 0.792. The minimum absolute atomic E-state index is 0.326. The van der Waals surface area contributed by atoms with Gasteiger partial charge >= 0.3 is 0 Å². The molecule has 0 bridgehead atoms. The van der Waals surface area contributed by atoms with Crippen LogP contribution in [0.25, 0.3) is 0 Å². The van der Waals surface area contributed by atoms with Gasteiger partial charge in [-0.15, -0.1) is 11.3 Å². The maximum absolute atomic E-state index is 12.1. The van der Waals surface area contributed by atoms with Gasteiger partial charge in [-0.2, -0.15) is 0 Å². The molecule has 0 aliphatic rings. The Kier molecular flexibility index (Phi) is 5.19. The molecular weight excluding hydrogens is 322 g/mol. The van der Waals surface area contributed by atoms with Crippen LogP contribution in [-0.2, 0) is 10.0 Å². The second kappa shape index (κ2) is 5.82. The van der Waals surface area contributed by atoms with E-state index in [2.05, 4.69) is 34.5 Å². The monoisotopic (exact) mass is 339 g/mol. The first-order valence-corrected chi connectivity index (χ1v) is 8.59. The zero-order chi connectivity index (χ0) is 13.2. The van der Waals surface area contributed by atoms with Gasteiger partial charge in [0.15, 0.2) is 0 Å². The van der Waals surface area contributed by atoms with Crippen molar-refractivity contribution in [1.82, 2.24) is 4.72 Å². The Hall–Kier alpha value is 0.0900. The fraction of sp³-hybridized carbons (Fsp3) is 0.636. The molecule has 3 nitrogen and oxygen atoms in total. The van der Waals surface area contributed by atoms with Crippen molar-refractivity contribution in [2.45, 2.75) is 32.6 Å². The molecule has 0 amide bonds. The van der Waals surface area contributed by atoms with Gasteiger partial charge in [0.1, 0.15) is 0 Å². The van der Waals surface area contributed by atoms with Gasteiger partial charge in [-0.3, -0.25) is 0 Å². The second-order valence-corrected chi connectivity index (χ2v) is 8.92. The van der Waals surface area contributed by atoms with Crippen LogP contribution in [0.2, 0.25) is 0 Å². The molecule has 0 aliphatic carbocycles. The molecule has 0 aliphatic heterocycles. The first kappa shape index (κ1) is 15.1. The van der Waals surface area contributed by atoms with Gasteiger partial charge in [0.05, 0.1) is 8.68 Å². The number of sulfonamides is 1. The molecule has 98 valence electrons. The van der Waals surface area contributed by atoms with Gasteiger partial charge in [0.25, 0.3) is 0 Å². The zero-order valence-electron chi connectivity index (χ0n) is 10.5. The van der Waals surface area contributed by atoms with Crippen LogP contribution in [0.5, 0.6) is 0 Å². The van der Waals surface area contributed by atoms with Crippen LogP contribution < -0.4 is 4.72 Å². The Morgan fingerprint density at radius 3 is 2.41 bits per heavy atom. The molecular formula is C11H18BrNO2S2. The van der Waals surface area contributed by atoms with Gasteiger partial charge in [-0.1, -0.05) is 20.8 Å². The smallest absolute Gasteiger partial charge is 0.211 e. The van der Waals surface area contributed by atoms with E-state index in [9.17, 15) is 8.42 Å². The van der Waals surface area contributed by atoms with E-state index in [1.54, 1.807) is 6.07 Å². The third-order valence-electron chi connectivity index (χ3n) is 2.87. The van der Waals surface area contributed by atoms with Gasteiger partial charge in [-0.25, -0.2) is 13.1 Å². The van der Waals surface area contributed by atoms with Crippen molar-refractivity contribution < 1.29 is 8.42 Å². The van der Waals surface area contributed by atoms with E-state index >= 15 is 0 Å². The Balaban J connectivity index is 2.80. The highest BCUT2D eigenvalue weighted by Crippen LogP contribution is 2.29. The molecule has 0 aromatic carbocycles. The third kappa shape index (κ3) is 4.05. The van der Waals surface area contributed by atoms with Crippen molar-refractivity contribution in [2.24, 2.45) is 11.8 Å². The number of rotatable bonds is 5. The quantitative estimate of drug-likeness (QED) is 0.893. The highest BCUT2D eigenvalue weighted by atomic mass is 79.9. The number of nitrogens with one attached hydrogen (secondary N) is 1. The molecule has 1 unspecified atom stereocenters. The summed E-state index contributed by atoms with van der Waals surface area (Å²) < 4.78 is 27.6. The van der Waals surface area contributed by atoms with Crippen LogP contribution in [0, 0.1) is 18.8 Å². The topological polar surface area (TPSA) is 46.2 Å². The van der Waals surface area contributed by atoms with Crippen LogP contribution in [0.4, 0.5) is 0 Å². The van der Waals surface area contributed by atoms with E-state index in [1.807, 2.05) is 13.8 Å². The molecule has 1 N–H and O–H groups in total. The molecule has 17 heavy (non-hydrogen) atoms. The average molecular weight is 340 g/mol. The number of thiophene rings is 1. The first-order valence-electron chi connectivity index (χ1n) is 5.49. The molecule has 6 heteroatoms. The van der Waals surface area contributed by atoms with E-state index in [4.69, 9.17) is 0 Å². The van der Waals surface area contributed by atoms with Crippen LogP contribution >= 0.6 is 27.3 Å². The molecule has 0 saturated heterocycles. The number of halogens is 1. The van der Waals surface area contributed by atoms with Crippen molar-refractivity contribution in [3.8, 4) is 0 Å². The van der Waals surface area contributed by atoms with E-state index < -0.39 is 10.0 Å². The van der Waals surface area contributed by atoms with Crippen LogP contribution in [0.3, 0.4) is 0 Å². The molecule has 1 aromatic heterocycles. The van der Waals surface area contributed by atoms with Crippen molar-refractivity contribution >= 4 is 37.3 Å². The summed E-state index contributed by atoms with van der Waals surface area (Å²) in [5.41, 5.74) is 0. The summed E-state index contributed by atoms with van der Waals surface area (Å²) in [4.78, 5) is 1.19. The molecule has 0 radical (unpaired) electrons. The minimum Gasteiger partial charge on any atom is -0.211 e. The number of hydrogen-bond acceptors (Lipinski definition) is 3. The Morgan fingerprint density at radius 2 is 2.00 bits per heavy atom. The lowest BCUT2D eigenvalue weighted by molar-refractivity contribution is 0.414. The van der Waals surface area contributed by atoms with E-state index in [0.29, 0.717) is 23.3 Å². The molecule has 1 aromatic rings. The summed E-state index contributed by atoms with van der Waals surface area (Å²) in [6.45, 7) is 8.52. The Morgan fingerprint density at radius 1 is 1.41 bits per heavy atom. The van der Waals surface area contributed by atoms with Gasteiger partial charge in [0, 0.05) is 11.4 Å². The SMILES string of the molecule is Cc1sc(Br)cc1S(=O)(=O)NCC(C)C(C)C. The van der Waals surface area contributed by atoms with Crippen molar-refractivity contribution in [3.05, 3.63) is 14.7 Å². The Bertz CT molecular complexity index is 480. The molecule has 0 saturated carbocycles. The highest BCUT2D eigenvalue weighted by Gasteiger charge is 2.20. The standard InChI is InChI=1S/C11H18BrNO2S2/c1-7(2)8(3)6-13-17(14,15)10-5-11(12)16-9(10)4/h5,7-8,13H,6H2,1-4H3. The molecule has 0 spiro atoms. The zero-order valence-corrected chi connectivity index (χ0v) is 13.7. The third-order valence-corrected chi connectivity index (χ3v) is 6.10. The van der Waals surface area contributed by atoms with Crippen molar-refractivity contribution in [2.75, 3.05) is 6.54 Å². The lowest BCUT2D eigenvalue weighted by Gasteiger charge is -2.16. The summed E-state index contributed by atoms with van der Waals surface area (Å²) in [6.07, 6.45) is 0. The second-order valence-electron chi connectivity index (χ2n) is 4.54. The fourth-order valence-corrected chi connectivity index (χ4v) is 4.81. The number of hydrogen-bond donors (Lipinski definition) is 1. The fourth-order valence-electron chi connectivity index (χ4n) is 1.25. The van der Waals surface area contributed by atoms with Crippen LogP contribution in [-0.4, -0.2) is 15.0 Å². The van der Waals surface area contributed by atoms with Gasteiger partial charge in [-0.05, 0) is 40.8 Å². The van der Waals surface area contributed by atoms with E-state index in [-0.39, 0.29) is 0 Å². The number of aryl methyl sites for hydroxylation is 1. The van der Waals surface area contributed by atoms with Crippen LogP contribution in [0.1, 0.15) is 25.6 Å². The summed E-state index contributed by atoms with van der Waals surface area (Å²) in [7, 11) is -3.37. The lowest BCUT2D eigenvalue weighted by Crippen LogP contribution is -2.30. The predicted octanol–water partition coefficient (Wildman–Crippen LogP) is 3.39. The highest BCUT2D eigenvalue weighted by molar-refractivity contribution is 9.11. The maximum atomic E-state index is 12.1. The molecule has 0 fully saturated rings. The molecule has 1 atom stereocenters. The van der Waals surface area contributed by atoms with E-state index in [0.717, 1.165) is 8.66 Å². The predicted molar refractivity (Wildman–Crippen MR) is 75.9 cm³/mol. The minimum atomic E-state index is -3.37. The normalized spacial score (nSPS) is 14.2. The van der Waals surface area contributed by atoms with Gasteiger partial charge < -0.3 is 0 Å². The van der Waals surface area contributed by atoms with Crippen molar-refractivity contribution in [1.29, 1.82) is 0 Å². The molecule has 1 rings (SSSR count). The Labute approximate surface area is 116 Å². The average Bonchev–Trinajstić information content (AvgIpc) is 2.55. The van der Waals surface area contributed by atoms with E-state index in [1.165, 1.54) is 11.3 Å². The van der Waals surface area contributed by atoms with Crippen LogP contribution in [0.15, 0.2) is 14.7 Å². The molecule has 1 heterocycles. The largest absolute Gasteiger partial charge is 0.241 e. The lowest BCUT2D eigenvalue weighted by atomic mass is 9.99. The van der Waals surface area contributed by atoms with Gasteiger partial charge in [0.2, 0.25) is 10.0 Å².